The first-order valence-electron chi connectivity index (χ1n) is 10.6. The van der Waals surface area contributed by atoms with Crippen LogP contribution in [0, 0.1) is 20.8 Å². The molecule has 2 amide bonds. The molecular formula is C22H27N7O3. The van der Waals surface area contributed by atoms with Gasteiger partial charge in [-0.2, -0.15) is 5.10 Å². The Morgan fingerprint density at radius 2 is 1.81 bits per heavy atom. The molecule has 0 aromatic carbocycles. The first-order valence-corrected chi connectivity index (χ1v) is 10.6. The van der Waals surface area contributed by atoms with Crippen molar-refractivity contribution in [3.05, 3.63) is 41.4 Å². The minimum absolute atomic E-state index is 0.0625. The van der Waals surface area contributed by atoms with Crippen LogP contribution in [0.2, 0.25) is 0 Å². The fourth-order valence-electron chi connectivity index (χ4n) is 3.74. The third kappa shape index (κ3) is 4.86. The SMILES string of the molecule is CC(=O)N1CCN(CC(=O)Nc2cc(-n3nc(C)cc3C)nc(-c3ccc(C)o3)n2)CC1. The van der Waals surface area contributed by atoms with Crippen LogP contribution >= 0.6 is 0 Å². The molecule has 10 heteroatoms. The third-order valence-electron chi connectivity index (χ3n) is 5.35. The van der Waals surface area contributed by atoms with Gasteiger partial charge in [-0.15, -0.1) is 0 Å². The summed E-state index contributed by atoms with van der Waals surface area (Å²) in [7, 11) is 0. The minimum Gasteiger partial charge on any atom is -0.458 e. The zero-order valence-electron chi connectivity index (χ0n) is 18.8. The number of amides is 2. The topological polar surface area (TPSA) is 109 Å². The van der Waals surface area contributed by atoms with Gasteiger partial charge in [-0.05, 0) is 39.0 Å². The van der Waals surface area contributed by atoms with Crippen molar-refractivity contribution < 1.29 is 14.0 Å². The predicted molar refractivity (Wildman–Crippen MR) is 118 cm³/mol. The predicted octanol–water partition coefficient (Wildman–Crippen LogP) is 1.95. The van der Waals surface area contributed by atoms with Crippen LogP contribution in [0.3, 0.4) is 0 Å². The molecule has 0 saturated carbocycles. The maximum absolute atomic E-state index is 12.7. The van der Waals surface area contributed by atoms with E-state index in [9.17, 15) is 9.59 Å². The number of anilines is 1. The van der Waals surface area contributed by atoms with Crippen LogP contribution in [-0.2, 0) is 9.59 Å². The van der Waals surface area contributed by atoms with E-state index in [1.807, 2.05) is 37.8 Å². The second-order valence-corrected chi connectivity index (χ2v) is 8.01. The maximum Gasteiger partial charge on any atom is 0.239 e. The Bertz CT molecular complexity index is 1140. The lowest BCUT2D eigenvalue weighted by Crippen LogP contribution is -2.49. The van der Waals surface area contributed by atoms with Crippen molar-refractivity contribution in [2.75, 3.05) is 38.0 Å². The molecule has 3 aromatic rings. The zero-order chi connectivity index (χ0) is 22.8. The summed E-state index contributed by atoms with van der Waals surface area (Å²) in [6.07, 6.45) is 0. The minimum atomic E-state index is -0.180. The number of carbonyl (C=O) groups excluding carboxylic acids is 2. The second kappa shape index (κ2) is 8.91. The van der Waals surface area contributed by atoms with Gasteiger partial charge in [-0.25, -0.2) is 14.6 Å². The highest BCUT2D eigenvalue weighted by atomic mass is 16.3. The molecule has 1 saturated heterocycles. The fourth-order valence-corrected chi connectivity index (χ4v) is 3.74. The van der Waals surface area contributed by atoms with Gasteiger partial charge in [0.2, 0.25) is 11.8 Å². The fraction of sp³-hybridized carbons (Fsp3) is 0.409. The highest BCUT2D eigenvalue weighted by Gasteiger charge is 2.21. The van der Waals surface area contributed by atoms with Crippen molar-refractivity contribution in [3.63, 3.8) is 0 Å². The number of hydrogen-bond acceptors (Lipinski definition) is 7. The molecule has 10 nitrogen and oxygen atoms in total. The second-order valence-electron chi connectivity index (χ2n) is 8.01. The van der Waals surface area contributed by atoms with E-state index in [4.69, 9.17) is 4.42 Å². The third-order valence-corrected chi connectivity index (χ3v) is 5.35. The lowest BCUT2D eigenvalue weighted by atomic mass is 10.3. The summed E-state index contributed by atoms with van der Waals surface area (Å²) in [5.74, 6) is 2.43. The van der Waals surface area contributed by atoms with Crippen molar-refractivity contribution in [2.24, 2.45) is 0 Å². The Balaban J connectivity index is 1.55. The molecule has 0 bridgehead atoms. The van der Waals surface area contributed by atoms with Crippen LogP contribution in [-0.4, -0.2) is 74.1 Å². The van der Waals surface area contributed by atoms with Gasteiger partial charge in [0, 0.05) is 44.9 Å². The molecule has 168 valence electrons. The molecule has 1 aliphatic rings. The molecule has 0 aliphatic carbocycles. The van der Waals surface area contributed by atoms with E-state index >= 15 is 0 Å². The average molecular weight is 438 g/mol. The van der Waals surface area contributed by atoms with E-state index in [1.165, 1.54) is 0 Å². The number of rotatable bonds is 5. The number of furan rings is 1. The summed E-state index contributed by atoms with van der Waals surface area (Å²) in [6.45, 7) is 10.1. The van der Waals surface area contributed by atoms with E-state index in [2.05, 4.69) is 20.4 Å². The van der Waals surface area contributed by atoms with E-state index in [-0.39, 0.29) is 18.4 Å². The van der Waals surface area contributed by atoms with Crippen LogP contribution in [0.15, 0.2) is 28.7 Å². The number of aromatic nitrogens is 4. The summed E-state index contributed by atoms with van der Waals surface area (Å²) < 4.78 is 7.41. The van der Waals surface area contributed by atoms with Gasteiger partial charge in [-0.3, -0.25) is 14.5 Å². The van der Waals surface area contributed by atoms with Crippen LogP contribution in [0.25, 0.3) is 17.4 Å². The molecular weight excluding hydrogens is 410 g/mol. The number of aryl methyl sites for hydroxylation is 3. The Labute approximate surface area is 186 Å². The molecule has 3 aromatic heterocycles. The molecule has 0 radical (unpaired) electrons. The van der Waals surface area contributed by atoms with Gasteiger partial charge in [0.25, 0.3) is 0 Å². The van der Waals surface area contributed by atoms with Crippen molar-refractivity contribution in [1.29, 1.82) is 0 Å². The maximum atomic E-state index is 12.7. The van der Waals surface area contributed by atoms with Gasteiger partial charge in [0.15, 0.2) is 17.4 Å². The molecule has 32 heavy (non-hydrogen) atoms. The number of hydrogen-bond donors (Lipinski definition) is 1. The van der Waals surface area contributed by atoms with Crippen molar-refractivity contribution in [2.45, 2.75) is 27.7 Å². The average Bonchev–Trinajstić information content (AvgIpc) is 3.32. The number of nitrogens with one attached hydrogen (secondary N) is 1. The smallest absolute Gasteiger partial charge is 0.239 e. The van der Waals surface area contributed by atoms with Crippen molar-refractivity contribution >= 4 is 17.6 Å². The summed E-state index contributed by atoms with van der Waals surface area (Å²) >= 11 is 0. The van der Waals surface area contributed by atoms with E-state index in [0.29, 0.717) is 49.4 Å². The number of nitrogens with zero attached hydrogens (tertiary/aromatic N) is 6. The molecule has 1 aliphatic heterocycles. The first kappa shape index (κ1) is 21.7. The van der Waals surface area contributed by atoms with Gasteiger partial charge in [-0.1, -0.05) is 0 Å². The molecule has 0 atom stereocenters. The van der Waals surface area contributed by atoms with Gasteiger partial charge in [0.05, 0.1) is 12.2 Å². The van der Waals surface area contributed by atoms with Crippen molar-refractivity contribution in [3.8, 4) is 17.4 Å². The molecule has 1 N–H and O–H groups in total. The summed E-state index contributed by atoms with van der Waals surface area (Å²) in [5.41, 5.74) is 1.79. The largest absolute Gasteiger partial charge is 0.458 e. The molecule has 4 heterocycles. The van der Waals surface area contributed by atoms with Crippen LogP contribution in [0.1, 0.15) is 24.1 Å². The normalized spacial score (nSPS) is 14.6. The Kier molecular flexibility index (Phi) is 6.04. The van der Waals surface area contributed by atoms with Crippen LogP contribution in [0.5, 0.6) is 0 Å². The Hall–Kier alpha value is -3.53. The summed E-state index contributed by atoms with van der Waals surface area (Å²) in [4.78, 5) is 37.1. The molecule has 4 rings (SSSR count). The monoisotopic (exact) mass is 437 g/mol. The van der Waals surface area contributed by atoms with Gasteiger partial charge in [0.1, 0.15) is 11.6 Å². The number of piperazine rings is 1. The van der Waals surface area contributed by atoms with E-state index < -0.39 is 0 Å². The highest BCUT2D eigenvalue weighted by molar-refractivity contribution is 5.91. The quantitative estimate of drug-likeness (QED) is 0.650. The lowest BCUT2D eigenvalue weighted by molar-refractivity contribution is -0.130. The van der Waals surface area contributed by atoms with E-state index in [0.717, 1.165) is 17.1 Å². The molecule has 0 unspecified atom stereocenters. The van der Waals surface area contributed by atoms with Gasteiger partial charge < -0.3 is 14.6 Å². The molecule has 1 fully saturated rings. The summed E-state index contributed by atoms with van der Waals surface area (Å²) in [5, 5.41) is 7.38. The lowest BCUT2D eigenvalue weighted by Gasteiger charge is -2.33. The Morgan fingerprint density at radius 1 is 1.06 bits per heavy atom. The first-order chi connectivity index (χ1) is 15.3. The Morgan fingerprint density at radius 3 is 2.41 bits per heavy atom. The van der Waals surface area contributed by atoms with Gasteiger partial charge >= 0.3 is 0 Å². The molecule has 0 spiro atoms. The van der Waals surface area contributed by atoms with E-state index in [1.54, 1.807) is 28.6 Å². The highest BCUT2D eigenvalue weighted by Crippen LogP contribution is 2.22. The number of carbonyl (C=O) groups is 2. The zero-order valence-corrected chi connectivity index (χ0v) is 18.8. The standard InChI is InChI=1S/C22H27N7O3/c1-14-11-15(2)29(26-14)20-12-19(24-22(25-20)18-6-5-16(3)32-18)23-21(31)13-27-7-9-28(10-8-27)17(4)30/h5-6,11-12H,7-10,13H2,1-4H3,(H,23,24,25,31). The van der Waals surface area contributed by atoms with Crippen molar-refractivity contribution in [1.82, 2.24) is 29.5 Å². The van der Waals surface area contributed by atoms with Crippen LogP contribution in [0.4, 0.5) is 5.82 Å². The van der Waals surface area contributed by atoms with Crippen LogP contribution < -0.4 is 5.32 Å². The summed E-state index contributed by atoms with van der Waals surface area (Å²) in [6, 6.07) is 7.30.